The van der Waals surface area contributed by atoms with Gasteiger partial charge in [-0.25, -0.2) is 4.79 Å². The molecule has 0 saturated carbocycles. The summed E-state index contributed by atoms with van der Waals surface area (Å²) in [5.41, 5.74) is -0.524. The van der Waals surface area contributed by atoms with Crippen molar-refractivity contribution in [2.45, 2.75) is 6.42 Å². The van der Waals surface area contributed by atoms with Crippen LogP contribution in [-0.4, -0.2) is 29.1 Å². The van der Waals surface area contributed by atoms with E-state index in [0.717, 1.165) is 12.1 Å². The number of rotatable bonds is 3. The zero-order chi connectivity index (χ0) is 14.4. The molecule has 0 amide bonds. The molecule has 0 heterocycles. The first kappa shape index (κ1) is 14.2. The lowest BCUT2D eigenvalue weighted by Crippen LogP contribution is -2.02. The van der Waals surface area contributed by atoms with Crippen molar-refractivity contribution in [3.8, 4) is 11.8 Å². The van der Waals surface area contributed by atoms with E-state index in [4.69, 9.17) is 5.11 Å². The van der Waals surface area contributed by atoms with Crippen molar-refractivity contribution in [2.24, 2.45) is 0 Å². The minimum Gasteiger partial charge on any atom is -0.478 e. The van der Waals surface area contributed by atoms with Gasteiger partial charge in [-0.05, 0) is 6.07 Å². The first-order chi connectivity index (χ1) is 8.95. The lowest BCUT2D eigenvalue weighted by atomic mass is 10.1. The van der Waals surface area contributed by atoms with E-state index in [1.807, 2.05) is 0 Å². The van der Waals surface area contributed by atoms with Crippen LogP contribution in [0.25, 0.3) is 0 Å². The van der Waals surface area contributed by atoms with E-state index in [1.165, 1.54) is 13.2 Å². The van der Waals surface area contributed by atoms with Gasteiger partial charge in [0.1, 0.15) is 6.42 Å². The minimum atomic E-state index is -1.33. The number of nitro groups is 1. The van der Waals surface area contributed by atoms with Crippen molar-refractivity contribution in [3.05, 3.63) is 39.4 Å². The number of benzene rings is 1. The first-order valence-electron chi connectivity index (χ1n) is 5.03. The monoisotopic (exact) mass is 263 g/mol. The lowest BCUT2D eigenvalue weighted by molar-refractivity contribution is -0.384. The van der Waals surface area contributed by atoms with E-state index in [2.05, 4.69) is 16.6 Å². The summed E-state index contributed by atoms with van der Waals surface area (Å²) in [5.74, 6) is 3.03. The summed E-state index contributed by atoms with van der Waals surface area (Å²) in [6, 6.07) is 3.30. The second-order valence-electron chi connectivity index (χ2n) is 3.35. The van der Waals surface area contributed by atoms with E-state index >= 15 is 0 Å². The number of aromatic carboxylic acids is 1. The summed E-state index contributed by atoms with van der Waals surface area (Å²) in [7, 11) is 1.21. The predicted octanol–water partition coefficient (Wildman–Crippen LogP) is 1.21. The third-order valence-corrected chi connectivity index (χ3v) is 2.13. The van der Waals surface area contributed by atoms with Gasteiger partial charge in [-0.2, -0.15) is 0 Å². The Bertz CT molecular complexity index is 596. The van der Waals surface area contributed by atoms with Gasteiger partial charge in [0.15, 0.2) is 0 Å². The average Bonchev–Trinajstić information content (AvgIpc) is 2.38. The molecule has 1 aromatic rings. The predicted molar refractivity (Wildman–Crippen MR) is 63.6 cm³/mol. The summed E-state index contributed by atoms with van der Waals surface area (Å²) in [6.07, 6.45) is -0.188. The quantitative estimate of drug-likeness (QED) is 0.380. The molecule has 1 aromatic carbocycles. The molecule has 0 bridgehead atoms. The van der Waals surface area contributed by atoms with Gasteiger partial charge in [0.2, 0.25) is 0 Å². The van der Waals surface area contributed by atoms with Gasteiger partial charge in [-0.1, -0.05) is 11.8 Å². The molecule has 1 rings (SSSR count). The molecule has 7 nitrogen and oxygen atoms in total. The van der Waals surface area contributed by atoms with Gasteiger partial charge in [-0.3, -0.25) is 14.9 Å². The Balaban J connectivity index is 3.10. The molecule has 0 saturated heterocycles. The molecule has 0 fully saturated rings. The first-order valence-corrected chi connectivity index (χ1v) is 5.03. The van der Waals surface area contributed by atoms with Gasteiger partial charge in [-0.15, -0.1) is 0 Å². The van der Waals surface area contributed by atoms with E-state index in [9.17, 15) is 19.7 Å². The van der Waals surface area contributed by atoms with Crippen molar-refractivity contribution in [1.82, 2.24) is 0 Å². The molecule has 7 heteroatoms. The van der Waals surface area contributed by atoms with Crippen molar-refractivity contribution in [3.63, 3.8) is 0 Å². The normalized spacial score (nSPS) is 9.11. The fourth-order valence-corrected chi connectivity index (χ4v) is 1.22. The lowest BCUT2D eigenvalue weighted by Gasteiger charge is -1.99. The molecule has 0 aliphatic carbocycles. The molecular weight excluding hydrogens is 254 g/mol. The molecule has 0 aliphatic heterocycles. The number of nitro benzene ring substituents is 1. The van der Waals surface area contributed by atoms with Crippen LogP contribution < -0.4 is 0 Å². The SMILES string of the molecule is COC(=O)CC#Cc1ccc([N+](=O)[O-])cc1C(=O)O. The van der Waals surface area contributed by atoms with Crippen LogP contribution in [0.2, 0.25) is 0 Å². The Morgan fingerprint density at radius 1 is 1.47 bits per heavy atom. The topological polar surface area (TPSA) is 107 Å². The van der Waals surface area contributed by atoms with E-state index in [-0.39, 0.29) is 23.2 Å². The molecule has 1 N–H and O–H groups in total. The molecule has 0 aromatic heterocycles. The number of hydrogen-bond donors (Lipinski definition) is 1. The Morgan fingerprint density at radius 3 is 2.68 bits per heavy atom. The number of carbonyl (C=O) groups is 2. The maximum absolute atomic E-state index is 11.0. The number of non-ortho nitro benzene ring substituents is 1. The van der Waals surface area contributed by atoms with Crippen molar-refractivity contribution in [2.75, 3.05) is 7.11 Å². The number of carbonyl (C=O) groups excluding carboxylic acids is 1. The van der Waals surface area contributed by atoms with Crippen LogP contribution in [0.3, 0.4) is 0 Å². The summed E-state index contributed by atoms with van der Waals surface area (Å²) in [5, 5.41) is 19.5. The molecule has 0 radical (unpaired) electrons. The standard InChI is InChI=1S/C12H9NO6/c1-19-11(14)4-2-3-8-5-6-9(13(17)18)7-10(8)12(15)16/h5-7H,4H2,1H3,(H,15,16). The number of carboxylic acid groups (broad SMARTS) is 1. The fourth-order valence-electron chi connectivity index (χ4n) is 1.22. The molecule has 98 valence electrons. The van der Waals surface area contributed by atoms with Gasteiger partial charge in [0.05, 0.1) is 17.6 Å². The highest BCUT2D eigenvalue weighted by Gasteiger charge is 2.14. The molecule has 0 unspecified atom stereocenters. The van der Waals surface area contributed by atoms with Crippen LogP contribution in [0, 0.1) is 22.0 Å². The highest BCUT2D eigenvalue weighted by molar-refractivity contribution is 5.91. The Hall–Kier alpha value is -2.88. The number of hydrogen-bond acceptors (Lipinski definition) is 5. The zero-order valence-electron chi connectivity index (χ0n) is 9.87. The van der Waals surface area contributed by atoms with Gasteiger partial charge < -0.3 is 9.84 Å². The van der Waals surface area contributed by atoms with Crippen molar-refractivity contribution in [1.29, 1.82) is 0 Å². The third kappa shape index (κ3) is 3.81. The second kappa shape index (κ2) is 6.16. The van der Waals surface area contributed by atoms with Gasteiger partial charge in [0.25, 0.3) is 5.69 Å². The summed E-state index contributed by atoms with van der Waals surface area (Å²) < 4.78 is 4.37. The summed E-state index contributed by atoms with van der Waals surface area (Å²) in [4.78, 5) is 31.6. The van der Waals surface area contributed by atoms with Gasteiger partial charge >= 0.3 is 11.9 Å². The number of ether oxygens (including phenoxy) is 1. The van der Waals surface area contributed by atoms with Crippen LogP contribution in [0.4, 0.5) is 5.69 Å². The smallest absolute Gasteiger partial charge is 0.337 e. The maximum Gasteiger partial charge on any atom is 0.337 e. The van der Waals surface area contributed by atoms with Crippen LogP contribution in [0.1, 0.15) is 22.3 Å². The number of esters is 1. The molecule has 0 atom stereocenters. The Morgan fingerprint density at radius 2 is 2.16 bits per heavy atom. The van der Waals surface area contributed by atoms with E-state index in [1.54, 1.807) is 0 Å². The average molecular weight is 263 g/mol. The third-order valence-electron chi connectivity index (χ3n) is 2.13. The van der Waals surface area contributed by atoms with Crippen molar-refractivity contribution < 1.29 is 24.4 Å². The minimum absolute atomic E-state index is 0.0991. The fraction of sp³-hybridized carbons (Fsp3) is 0.167. The van der Waals surface area contributed by atoms with Crippen molar-refractivity contribution >= 4 is 17.6 Å². The molecular formula is C12H9NO6. The highest BCUT2D eigenvalue weighted by atomic mass is 16.6. The zero-order valence-corrected chi connectivity index (χ0v) is 9.87. The van der Waals surface area contributed by atoms with Crippen LogP contribution in [0.5, 0.6) is 0 Å². The van der Waals surface area contributed by atoms with E-state index in [0.29, 0.717) is 0 Å². The highest BCUT2D eigenvalue weighted by Crippen LogP contribution is 2.17. The number of carboxylic acids is 1. The molecule has 19 heavy (non-hydrogen) atoms. The summed E-state index contributed by atoms with van der Waals surface area (Å²) in [6.45, 7) is 0. The maximum atomic E-state index is 11.0. The van der Waals surface area contributed by atoms with Crippen LogP contribution in [0.15, 0.2) is 18.2 Å². The van der Waals surface area contributed by atoms with Crippen LogP contribution >= 0.6 is 0 Å². The molecule has 0 aliphatic rings. The van der Waals surface area contributed by atoms with Gasteiger partial charge in [0, 0.05) is 17.7 Å². The Kier molecular flexibility index (Phi) is 4.60. The van der Waals surface area contributed by atoms with E-state index < -0.39 is 16.9 Å². The summed E-state index contributed by atoms with van der Waals surface area (Å²) >= 11 is 0. The molecule has 0 spiro atoms. The number of nitrogens with zero attached hydrogens (tertiary/aromatic N) is 1. The largest absolute Gasteiger partial charge is 0.478 e. The Labute approximate surface area is 108 Å². The number of methoxy groups -OCH3 is 1. The van der Waals surface area contributed by atoms with Crippen LogP contribution in [-0.2, 0) is 9.53 Å². The second-order valence-corrected chi connectivity index (χ2v) is 3.35.